The third-order valence-electron chi connectivity index (χ3n) is 6.60. The standard InChI is InChI=1S/C28H33N5O3/c1-19(35-17-20-8-4-3-5-9-20)14-25-31-26-27(29)30-18-33(28(26)32-25)16-21-12-13-23(34-2)24(15-21)36-22-10-6-7-11-22/h3-5,8-9,12-13,15,18-19,22,29H,6-7,10-11,14,16-17H2,1-2H3,(H,31,32). The second kappa shape index (κ2) is 11.0. The summed E-state index contributed by atoms with van der Waals surface area (Å²) in [5.74, 6) is 2.30. The van der Waals surface area contributed by atoms with E-state index in [4.69, 9.17) is 24.6 Å². The SMILES string of the molecule is COc1ccc(Cn2cnc(=N)c3[nH]c(CC(C)OCc4ccccc4)nc32)cc1OC1CCCC1. The minimum absolute atomic E-state index is 0.0294. The number of aromatic amines is 1. The van der Waals surface area contributed by atoms with Crippen LogP contribution in [0.4, 0.5) is 0 Å². The van der Waals surface area contributed by atoms with Crippen LogP contribution in [0.5, 0.6) is 11.5 Å². The van der Waals surface area contributed by atoms with Gasteiger partial charge in [-0.1, -0.05) is 36.4 Å². The van der Waals surface area contributed by atoms with Crippen LogP contribution in [-0.2, 0) is 24.3 Å². The molecule has 188 valence electrons. The predicted molar refractivity (Wildman–Crippen MR) is 137 cm³/mol. The number of imidazole rings is 1. The monoisotopic (exact) mass is 487 g/mol. The number of benzene rings is 2. The summed E-state index contributed by atoms with van der Waals surface area (Å²) >= 11 is 0. The molecule has 2 N–H and O–H groups in total. The molecule has 36 heavy (non-hydrogen) atoms. The lowest BCUT2D eigenvalue weighted by Gasteiger charge is -2.17. The van der Waals surface area contributed by atoms with E-state index in [0.29, 0.717) is 30.7 Å². The summed E-state index contributed by atoms with van der Waals surface area (Å²) in [6.07, 6.45) is 7.10. The van der Waals surface area contributed by atoms with Crippen molar-refractivity contribution in [3.05, 3.63) is 77.3 Å². The van der Waals surface area contributed by atoms with Crippen molar-refractivity contribution >= 4 is 11.2 Å². The van der Waals surface area contributed by atoms with Crippen molar-refractivity contribution in [3.8, 4) is 11.5 Å². The molecule has 4 aromatic rings. The molecule has 8 nitrogen and oxygen atoms in total. The van der Waals surface area contributed by atoms with Crippen LogP contribution in [0.25, 0.3) is 11.2 Å². The Bertz CT molecular complexity index is 1360. The van der Waals surface area contributed by atoms with E-state index in [1.165, 1.54) is 12.8 Å². The van der Waals surface area contributed by atoms with E-state index in [-0.39, 0.29) is 17.7 Å². The Morgan fingerprint density at radius 1 is 1.08 bits per heavy atom. The van der Waals surface area contributed by atoms with Crippen LogP contribution in [0.2, 0.25) is 0 Å². The number of aromatic nitrogens is 4. The zero-order valence-electron chi connectivity index (χ0n) is 20.9. The number of nitrogens with one attached hydrogen (secondary N) is 2. The maximum atomic E-state index is 8.28. The molecular weight excluding hydrogens is 454 g/mol. The molecule has 0 spiro atoms. The van der Waals surface area contributed by atoms with Crippen LogP contribution in [-0.4, -0.2) is 38.8 Å². The van der Waals surface area contributed by atoms with Crippen molar-refractivity contribution < 1.29 is 14.2 Å². The fraction of sp³-hybridized carbons (Fsp3) is 0.393. The lowest BCUT2D eigenvalue weighted by Crippen LogP contribution is -2.14. The molecule has 0 aliphatic heterocycles. The number of ether oxygens (including phenoxy) is 3. The topological polar surface area (TPSA) is 98.0 Å². The maximum Gasteiger partial charge on any atom is 0.173 e. The minimum Gasteiger partial charge on any atom is -0.493 e. The molecule has 2 aromatic carbocycles. The number of methoxy groups -OCH3 is 1. The van der Waals surface area contributed by atoms with E-state index in [2.05, 4.69) is 22.1 Å². The Morgan fingerprint density at radius 2 is 1.89 bits per heavy atom. The van der Waals surface area contributed by atoms with Gasteiger partial charge in [-0.25, -0.2) is 9.97 Å². The molecule has 1 fully saturated rings. The molecule has 2 aromatic heterocycles. The summed E-state index contributed by atoms with van der Waals surface area (Å²) in [6.45, 7) is 3.14. The normalized spacial score (nSPS) is 14.8. The van der Waals surface area contributed by atoms with Gasteiger partial charge in [0.2, 0.25) is 0 Å². The summed E-state index contributed by atoms with van der Waals surface area (Å²) in [5.41, 5.74) is 3.70. The smallest absolute Gasteiger partial charge is 0.173 e. The number of hydrogen-bond donors (Lipinski definition) is 2. The number of rotatable bonds is 10. The van der Waals surface area contributed by atoms with Crippen molar-refractivity contribution in [1.82, 2.24) is 19.5 Å². The first-order valence-corrected chi connectivity index (χ1v) is 12.6. The Labute approximate surface area is 210 Å². The molecule has 0 amide bonds. The van der Waals surface area contributed by atoms with Crippen molar-refractivity contribution in [2.75, 3.05) is 7.11 Å². The first-order valence-electron chi connectivity index (χ1n) is 12.6. The van der Waals surface area contributed by atoms with Crippen LogP contribution in [0.3, 0.4) is 0 Å². The van der Waals surface area contributed by atoms with Crippen LogP contribution in [0, 0.1) is 5.41 Å². The lowest BCUT2D eigenvalue weighted by atomic mass is 10.2. The first kappa shape index (κ1) is 24.1. The van der Waals surface area contributed by atoms with E-state index in [9.17, 15) is 0 Å². The van der Waals surface area contributed by atoms with Gasteiger partial charge in [0, 0.05) is 6.42 Å². The average Bonchev–Trinajstić information content (AvgIpc) is 3.56. The Balaban J connectivity index is 1.33. The van der Waals surface area contributed by atoms with E-state index < -0.39 is 0 Å². The molecular formula is C28H33N5O3. The highest BCUT2D eigenvalue weighted by Gasteiger charge is 2.19. The van der Waals surface area contributed by atoms with Gasteiger partial charge in [-0.3, -0.25) is 5.41 Å². The summed E-state index contributed by atoms with van der Waals surface area (Å²) in [5, 5.41) is 8.28. The molecule has 2 heterocycles. The quantitative estimate of drug-likeness (QED) is 0.336. The maximum absolute atomic E-state index is 8.28. The highest BCUT2D eigenvalue weighted by atomic mass is 16.5. The molecule has 0 saturated heterocycles. The van der Waals surface area contributed by atoms with Crippen LogP contribution >= 0.6 is 0 Å². The van der Waals surface area contributed by atoms with Crippen molar-refractivity contribution in [2.24, 2.45) is 0 Å². The first-order chi connectivity index (χ1) is 17.6. The van der Waals surface area contributed by atoms with Gasteiger partial charge in [-0.2, -0.15) is 0 Å². The summed E-state index contributed by atoms with van der Waals surface area (Å²) in [6, 6.07) is 16.1. The molecule has 8 heteroatoms. The predicted octanol–water partition coefficient (Wildman–Crippen LogP) is 4.76. The number of fused-ring (bicyclic) bond motifs is 1. The van der Waals surface area contributed by atoms with E-state index >= 15 is 0 Å². The fourth-order valence-corrected chi connectivity index (χ4v) is 4.68. The van der Waals surface area contributed by atoms with E-state index in [1.807, 2.05) is 47.9 Å². The van der Waals surface area contributed by atoms with Crippen molar-refractivity contribution in [1.29, 1.82) is 5.41 Å². The Kier molecular flexibility index (Phi) is 7.32. The third kappa shape index (κ3) is 5.60. The molecule has 1 unspecified atom stereocenters. The zero-order chi connectivity index (χ0) is 24.9. The van der Waals surface area contributed by atoms with Crippen molar-refractivity contribution in [2.45, 2.75) is 64.4 Å². The highest BCUT2D eigenvalue weighted by molar-refractivity contribution is 5.69. The second-order valence-corrected chi connectivity index (χ2v) is 9.42. The molecule has 0 radical (unpaired) electrons. The van der Waals surface area contributed by atoms with Gasteiger partial charge < -0.3 is 23.8 Å². The molecule has 1 aliphatic rings. The Morgan fingerprint density at radius 3 is 2.67 bits per heavy atom. The van der Waals surface area contributed by atoms with Gasteiger partial charge in [0.05, 0.1) is 38.8 Å². The minimum atomic E-state index is -0.0294. The molecule has 1 saturated carbocycles. The summed E-state index contributed by atoms with van der Waals surface area (Å²) in [4.78, 5) is 12.4. The summed E-state index contributed by atoms with van der Waals surface area (Å²) in [7, 11) is 1.67. The van der Waals surface area contributed by atoms with Gasteiger partial charge in [-0.15, -0.1) is 0 Å². The number of hydrogen-bond acceptors (Lipinski definition) is 6. The van der Waals surface area contributed by atoms with Gasteiger partial charge in [0.1, 0.15) is 11.3 Å². The van der Waals surface area contributed by atoms with Crippen LogP contribution < -0.4 is 15.0 Å². The van der Waals surface area contributed by atoms with E-state index in [0.717, 1.165) is 41.3 Å². The van der Waals surface area contributed by atoms with Crippen LogP contribution in [0.1, 0.15) is 49.6 Å². The lowest BCUT2D eigenvalue weighted by molar-refractivity contribution is 0.0524. The van der Waals surface area contributed by atoms with Gasteiger partial charge in [-0.05, 0) is 55.9 Å². The molecule has 5 rings (SSSR count). The second-order valence-electron chi connectivity index (χ2n) is 9.42. The van der Waals surface area contributed by atoms with Crippen LogP contribution in [0.15, 0.2) is 54.9 Å². The highest BCUT2D eigenvalue weighted by Crippen LogP contribution is 2.32. The molecule has 0 bridgehead atoms. The molecule has 1 aliphatic carbocycles. The Hall–Kier alpha value is -3.65. The van der Waals surface area contributed by atoms with Gasteiger partial charge in [0.25, 0.3) is 0 Å². The van der Waals surface area contributed by atoms with Crippen molar-refractivity contribution in [3.63, 3.8) is 0 Å². The molecule has 1 atom stereocenters. The largest absolute Gasteiger partial charge is 0.493 e. The van der Waals surface area contributed by atoms with E-state index in [1.54, 1.807) is 13.4 Å². The third-order valence-corrected chi connectivity index (χ3v) is 6.60. The van der Waals surface area contributed by atoms with Gasteiger partial charge >= 0.3 is 0 Å². The zero-order valence-corrected chi connectivity index (χ0v) is 20.9. The summed E-state index contributed by atoms with van der Waals surface area (Å²) < 4.78 is 19.8. The number of nitrogens with zero attached hydrogens (tertiary/aromatic N) is 3. The number of H-pyrrole nitrogens is 1. The fourth-order valence-electron chi connectivity index (χ4n) is 4.68. The van der Waals surface area contributed by atoms with Gasteiger partial charge in [0.15, 0.2) is 22.6 Å². The average molecular weight is 488 g/mol.